The molecule has 2 aliphatic carbocycles. The van der Waals surface area contributed by atoms with Crippen molar-refractivity contribution in [2.45, 2.75) is 25.3 Å². The van der Waals surface area contributed by atoms with Gasteiger partial charge in [-0.3, -0.25) is 4.79 Å². The maximum Gasteiger partial charge on any atom is 0.310 e. The van der Waals surface area contributed by atoms with E-state index in [9.17, 15) is 4.79 Å². The van der Waals surface area contributed by atoms with Crippen molar-refractivity contribution in [2.75, 3.05) is 7.11 Å². The Hall–Kier alpha value is -0.570. The number of esters is 1. The smallest absolute Gasteiger partial charge is 0.310 e. The molecule has 0 saturated heterocycles. The van der Waals surface area contributed by atoms with Gasteiger partial charge in [0.15, 0.2) is 0 Å². The highest BCUT2D eigenvalue weighted by atomic mass is 16.5. The standard InChI is InChI=1S/C9H15NO2/c1-12-9(11)7-5-2-3-6(4-5)8(7)10/h5-8H,2-4,10H2,1H3/t5-,6-,7+,8+/m0/s1. The van der Waals surface area contributed by atoms with E-state index >= 15 is 0 Å². The van der Waals surface area contributed by atoms with Crippen LogP contribution >= 0.6 is 0 Å². The molecular weight excluding hydrogens is 154 g/mol. The molecule has 0 aromatic heterocycles. The quantitative estimate of drug-likeness (QED) is 0.583. The normalized spacial score (nSPS) is 44.8. The molecule has 2 saturated carbocycles. The number of hydrogen-bond acceptors (Lipinski definition) is 3. The number of fused-ring (bicyclic) bond motifs is 2. The Morgan fingerprint density at radius 2 is 2.08 bits per heavy atom. The highest BCUT2D eigenvalue weighted by Crippen LogP contribution is 2.47. The van der Waals surface area contributed by atoms with Gasteiger partial charge < -0.3 is 10.5 Å². The molecule has 0 radical (unpaired) electrons. The van der Waals surface area contributed by atoms with Gasteiger partial charge in [-0.25, -0.2) is 0 Å². The summed E-state index contributed by atoms with van der Waals surface area (Å²) in [6.07, 6.45) is 3.51. The predicted octanol–water partition coefficient (Wildman–Crippen LogP) is 0.533. The molecule has 0 unspecified atom stereocenters. The van der Waals surface area contributed by atoms with Gasteiger partial charge in [-0.15, -0.1) is 0 Å². The van der Waals surface area contributed by atoms with Crippen molar-refractivity contribution < 1.29 is 9.53 Å². The zero-order chi connectivity index (χ0) is 8.72. The molecule has 3 heteroatoms. The monoisotopic (exact) mass is 169 g/mol. The Morgan fingerprint density at radius 3 is 2.58 bits per heavy atom. The van der Waals surface area contributed by atoms with Crippen LogP contribution in [0.2, 0.25) is 0 Å². The van der Waals surface area contributed by atoms with E-state index in [0.717, 1.165) is 12.8 Å². The van der Waals surface area contributed by atoms with E-state index in [1.54, 1.807) is 0 Å². The van der Waals surface area contributed by atoms with Crippen molar-refractivity contribution >= 4 is 5.97 Å². The van der Waals surface area contributed by atoms with Crippen molar-refractivity contribution in [3.8, 4) is 0 Å². The van der Waals surface area contributed by atoms with Gasteiger partial charge in [0.2, 0.25) is 0 Å². The van der Waals surface area contributed by atoms with Crippen molar-refractivity contribution in [1.82, 2.24) is 0 Å². The van der Waals surface area contributed by atoms with E-state index in [-0.39, 0.29) is 17.9 Å². The SMILES string of the molecule is COC(=O)[C@@H]1[C@H]2CC[C@@H](C2)[C@H]1N. The third kappa shape index (κ3) is 0.959. The van der Waals surface area contributed by atoms with Crippen molar-refractivity contribution in [1.29, 1.82) is 0 Å². The molecule has 2 N–H and O–H groups in total. The zero-order valence-corrected chi connectivity index (χ0v) is 7.32. The number of hydrogen-bond donors (Lipinski definition) is 1. The van der Waals surface area contributed by atoms with Gasteiger partial charge >= 0.3 is 5.97 Å². The third-order valence-corrected chi connectivity index (χ3v) is 3.45. The van der Waals surface area contributed by atoms with E-state index in [0.29, 0.717) is 11.8 Å². The first-order chi connectivity index (χ1) is 5.74. The second kappa shape index (κ2) is 2.73. The molecule has 12 heavy (non-hydrogen) atoms. The van der Waals surface area contributed by atoms with Gasteiger partial charge in [0.1, 0.15) is 0 Å². The van der Waals surface area contributed by atoms with Crippen LogP contribution in [0.15, 0.2) is 0 Å². The number of nitrogens with two attached hydrogens (primary N) is 1. The maximum atomic E-state index is 11.3. The van der Waals surface area contributed by atoms with Crippen LogP contribution in [0, 0.1) is 17.8 Å². The van der Waals surface area contributed by atoms with E-state index in [1.165, 1.54) is 13.5 Å². The molecule has 0 aliphatic heterocycles. The molecule has 0 aromatic rings. The fourth-order valence-electron chi connectivity index (χ4n) is 2.82. The minimum atomic E-state index is -0.102. The lowest BCUT2D eigenvalue weighted by Gasteiger charge is -2.25. The Labute approximate surface area is 72.3 Å². The molecule has 2 bridgehead atoms. The number of methoxy groups -OCH3 is 1. The Kier molecular flexibility index (Phi) is 1.83. The average molecular weight is 169 g/mol. The maximum absolute atomic E-state index is 11.3. The van der Waals surface area contributed by atoms with Gasteiger partial charge in [-0.2, -0.15) is 0 Å². The molecule has 2 rings (SSSR count). The second-order valence-corrected chi connectivity index (χ2v) is 3.96. The molecule has 68 valence electrons. The Bertz CT molecular complexity index is 203. The van der Waals surface area contributed by atoms with E-state index < -0.39 is 0 Å². The predicted molar refractivity (Wildman–Crippen MR) is 44.3 cm³/mol. The number of carbonyl (C=O) groups is 1. The van der Waals surface area contributed by atoms with Crippen LogP contribution in [-0.2, 0) is 9.53 Å². The fraction of sp³-hybridized carbons (Fsp3) is 0.889. The summed E-state index contributed by atoms with van der Waals surface area (Å²) >= 11 is 0. The van der Waals surface area contributed by atoms with Crippen LogP contribution in [0.3, 0.4) is 0 Å². The van der Waals surface area contributed by atoms with Gasteiger partial charge in [0.05, 0.1) is 13.0 Å². The van der Waals surface area contributed by atoms with E-state index in [4.69, 9.17) is 10.5 Å². The topological polar surface area (TPSA) is 52.3 Å². The summed E-state index contributed by atoms with van der Waals surface area (Å²) in [6, 6.07) is 0.0659. The molecule has 0 aromatic carbocycles. The van der Waals surface area contributed by atoms with Crippen molar-refractivity contribution in [3.63, 3.8) is 0 Å². The van der Waals surface area contributed by atoms with Crippen LogP contribution in [0.5, 0.6) is 0 Å². The van der Waals surface area contributed by atoms with Gasteiger partial charge in [-0.1, -0.05) is 0 Å². The number of ether oxygens (including phenoxy) is 1. The summed E-state index contributed by atoms with van der Waals surface area (Å²) in [7, 11) is 1.45. The highest BCUT2D eigenvalue weighted by Gasteiger charge is 2.49. The minimum absolute atomic E-state index is 0.00579. The van der Waals surface area contributed by atoms with Crippen LogP contribution in [-0.4, -0.2) is 19.1 Å². The van der Waals surface area contributed by atoms with Crippen molar-refractivity contribution in [3.05, 3.63) is 0 Å². The number of rotatable bonds is 1. The van der Waals surface area contributed by atoms with Crippen LogP contribution in [0.4, 0.5) is 0 Å². The first-order valence-electron chi connectivity index (χ1n) is 4.57. The van der Waals surface area contributed by atoms with Crippen LogP contribution < -0.4 is 5.73 Å². The third-order valence-electron chi connectivity index (χ3n) is 3.45. The molecular formula is C9H15NO2. The number of carbonyl (C=O) groups excluding carboxylic acids is 1. The largest absolute Gasteiger partial charge is 0.469 e. The summed E-state index contributed by atoms with van der Waals surface area (Å²) in [5, 5.41) is 0. The molecule has 2 aliphatic rings. The Balaban J connectivity index is 2.12. The lowest BCUT2D eigenvalue weighted by atomic mass is 9.85. The van der Waals surface area contributed by atoms with Gasteiger partial charge in [0.25, 0.3) is 0 Å². The summed E-state index contributed by atoms with van der Waals surface area (Å²) in [5.41, 5.74) is 5.94. The first-order valence-corrected chi connectivity index (χ1v) is 4.57. The average Bonchev–Trinajstić information content (AvgIpc) is 2.63. The first kappa shape index (κ1) is 8.05. The summed E-state index contributed by atoms with van der Waals surface area (Å²) in [4.78, 5) is 11.3. The molecule has 0 heterocycles. The minimum Gasteiger partial charge on any atom is -0.469 e. The molecule has 0 amide bonds. The summed E-state index contributed by atoms with van der Waals surface area (Å²) < 4.78 is 4.74. The molecule has 4 atom stereocenters. The zero-order valence-electron chi connectivity index (χ0n) is 7.32. The Morgan fingerprint density at radius 1 is 1.42 bits per heavy atom. The summed E-state index contributed by atoms with van der Waals surface area (Å²) in [5.74, 6) is 0.986. The fourth-order valence-corrected chi connectivity index (χ4v) is 2.82. The van der Waals surface area contributed by atoms with Crippen LogP contribution in [0.25, 0.3) is 0 Å². The second-order valence-electron chi connectivity index (χ2n) is 3.96. The van der Waals surface area contributed by atoms with Gasteiger partial charge in [-0.05, 0) is 31.1 Å². The van der Waals surface area contributed by atoms with E-state index in [1.807, 2.05) is 0 Å². The molecule has 3 nitrogen and oxygen atoms in total. The summed E-state index contributed by atoms with van der Waals surface area (Å²) in [6.45, 7) is 0. The van der Waals surface area contributed by atoms with Crippen LogP contribution in [0.1, 0.15) is 19.3 Å². The lowest BCUT2D eigenvalue weighted by molar-refractivity contribution is -0.147. The van der Waals surface area contributed by atoms with Gasteiger partial charge in [0, 0.05) is 6.04 Å². The molecule has 2 fully saturated rings. The van der Waals surface area contributed by atoms with Crippen molar-refractivity contribution in [2.24, 2.45) is 23.5 Å². The molecule has 0 spiro atoms. The van der Waals surface area contributed by atoms with E-state index in [2.05, 4.69) is 0 Å². The lowest BCUT2D eigenvalue weighted by Crippen LogP contribution is -2.40. The highest BCUT2D eigenvalue weighted by molar-refractivity contribution is 5.74.